The molecule has 0 fully saturated rings. The van der Waals surface area contributed by atoms with E-state index in [0.717, 1.165) is 10.4 Å². The summed E-state index contributed by atoms with van der Waals surface area (Å²) < 4.78 is 0. The van der Waals surface area contributed by atoms with E-state index in [1.165, 1.54) is 29.5 Å². The summed E-state index contributed by atoms with van der Waals surface area (Å²) in [7, 11) is 0. The van der Waals surface area contributed by atoms with E-state index in [1.807, 2.05) is 24.3 Å². The van der Waals surface area contributed by atoms with E-state index in [9.17, 15) is 9.59 Å². The highest BCUT2D eigenvalue weighted by atomic mass is 35.5. The zero-order valence-electron chi connectivity index (χ0n) is 12.8. The van der Waals surface area contributed by atoms with Gasteiger partial charge < -0.3 is 11.1 Å². The predicted octanol–water partition coefficient (Wildman–Crippen LogP) is 5.07. The van der Waals surface area contributed by atoms with Crippen molar-refractivity contribution in [1.29, 1.82) is 0 Å². The first-order chi connectivity index (χ1) is 11.9. The fourth-order valence-corrected chi connectivity index (χ4v) is 3.47. The molecule has 2 amide bonds. The van der Waals surface area contributed by atoms with Crippen LogP contribution in [0.3, 0.4) is 0 Å². The molecule has 126 valence electrons. The number of primary amides is 1. The van der Waals surface area contributed by atoms with E-state index in [2.05, 4.69) is 5.32 Å². The normalized spacial score (nSPS) is 10.5. The van der Waals surface area contributed by atoms with E-state index >= 15 is 0 Å². The van der Waals surface area contributed by atoms with Crippen LogP contribution in [0.1, 0.15) is 20.0 Å². The van der Waals surface area contributed by atoms with Crippen LogP contribution in [0.5, 0.6) is 0 Å². The molecule has 2 aromatic carbocycles. The molecule has 7 heteroatoms. The van der Waals surface area contributed by atoms with Gasteiger partial charge in [-0.15, -0.1) is 11.3 Å². The first kappa shape index (κ1) is 17.5. The van der Waals surface area contributed by atoms with Crippen molar-refractivity contribution in [1.82, 2.24) is 0 Å². The lowest BCUT2D eigenvalue weighted by Gasteiger charge is -2.07. The zero-order valence-corrected chi connectivity index (χ0v) is 15.1. The van der Waals surface area contributed by atoms with Gasteiger partial charge in [0.05, 0.1) is 15.6 Å². The lowest BCUT2D eigenvalue weighted by Crippen LogP contribution is -2.14. The summed E-state index contributed by atoms with van der Waals surface area (Å²) in [6, 6.07) is 15.5. The molecular weight excluding hydrogens is 379 g/mol. The summed E-state index contributed by atoms with van der Waals surface area (Å²) in [6.45, 7) is 0. The largest absolute Gasteiger partial charge is 0.366 e. The summed E-state index contributed by atoms with van der Waals surface area (Å²) in [6.07, 6.45) is 0. The molecule has 0 spiro atoms. The third kappa shape index (κ3) is 4.02. The minimum Gasteiger partial charge on any atom is -0.366 e. The van der Waals surface area contributed by atoms with Crippen molar-refractivity contribution in [3.05, 3.63) is 75.1 Å². The van der Waals surface area contributed by atoms with Gasteiger partial charge in [-0.05, 0) is 48.0 Å². The minimum absolute atomic E-state index is 0.269. The lowest BCUT2D eigenvalue weighted by atomic mass is 10.2. The SMILES string of the molecule is NC(=O)c1ccc(Cl)c(NC(=O)c2ccc(-c3cccc(Cl)c3)s2)c1. The van der Waals surface area contributed by atoms with Gasteiger partial charge in [0.1, 0.15) is 0 Å². The van der Waals surface area contributed by atoms with E-state index in [4.69, 9.17) is 28.9 Å². The van der Waals surface area contributed by atoms with Crippen molar-refractivity contribution in [2.45, 2.75) is 0 Å². The Labute approximate surface area is 158 Å². The molecule has 25 heavy (non-hydrogen) atoms. The van der Waals surface area contributed by atoms with Crippen LogP contribution >= 0.6 is 34.5 Å². The number of amides is 2. The van der Waals surface area contributed by atoms with E-state index in [0.29, 0.717) is 20.6 Å². The fourth-order valence-electron chi connectivity index (χ4n) is 2.22. The average molecular weight is 391 g/mol. The second-order valence-corrected chi connectivity index (χ2v) is 7.11. The van der Waals surface area contributed by atoms with Crippen molar-refractivity contribution in [2.24, 2.45) is 5.73 Å². The highest BCUT2D eigenvalue weighted by Gasteiger charge is 2.13. The number of nitrogens with one attached hydrogen (secondary N) is 1. The average Bonchev–Trinajstić information content (AvgIpc) is 3.07. The molecular formula is C18H12Cl2N2O2S. The maximum absolute atomic E-state index is 12.5. The number of rotatable bonds is 4. The van der Waals surface area contributed by atoms with Crippen LogP contribution in [-0.4, -0.2) is 11.8 Å². The molecule has 0 radical (unpaired) electrons. The highest BCUT2D eigenvalue weighted by molar-refractivity contribution is 7.17. The molecule has 0 saturated carbocycles. The molecule has 0 bridgehead atoms. The Balaban J connectivity index is 1.83. The second kappa shape index (κ2) is 7.27. The first-order valence-corrected chi connectivity index (χ1v) is 8.78. The van der Waals surface area contributed by atoms with Crippen LogP contribution in [0.15, 0.2) is 54.6 Å². The molecule has 0 unspecified atom stereocenters. The Morgan fingerprint density at radius 3 is 2.52 bits per heavy atom. The number of anilines is 1. The van der Waals surface area contributed by atoms with Gasteiger partial charge in [-0.25, -0.2) is 0 Å². The topological polar surface area (TPSA) is 72.2 Å². The summed E-state index contributed by atoms with van der Waals surface area (Å²) >= 11 is 13.4. The van der Waals surface area contributed by atoms with Gasteiger partial charge in [0, 0.05) is 15.5 Å². The van der Waals surface area contributed by atoms with Gasteiger partial charge in [0.2, 0.25) is 5.91 Å². The van der Waals surface area contributed by atoms with Crippen LogP contribution < -0.4 is 11.1 Å². The molecule has 1 aromatic heterocycles. The van der Waals surface area contributed by atoms with Crippen molar-refractivity contribution in [2.75, 3.05) is 5.32 Å². The second-order valence-electron chi connectivity index (χ2n) is 5.19. The zero-order chi connectivity index (χ0) is 18.0. The molecule has 0 aliphatic heterocycles. The van der Waals surface area contributed by atoms with Gasteiger partial charge in [0.25, 0.3) is 5.91 Å². The van der Waals surface area contributed by atoms with Crippen molar-refractivity contribution in [3.63, 3.8) is 0 Å². The maximum Gasteiger partial charge on any atom is 0.265 e. The number of nitrogens with two attached hydrogens (primary N) is 1. The number of hydrogen-bond donors (Lipinski definition) is 2. The molecule has 0 aliphatic rings. The molecule has 4 nitrogen and oxygen atoms in total. The van der Waals surface area contributed by atoms with Crippen LogP contribution in [0.2, 0.25) is 10.0 Å². The van der Waals surface area contributed by atoms with E-state index in [1.54, 1.807) is 12.1 Å². The first-order valence-electron chi connectivity index (χ1n) is 7.20. The lowest BCUT2D eigenvalue weighted by molar-refractivity contribution is 0.0996. The number of hydrogen-bond acceptors (Lipinski definition) is 3. The quantitative estimate of drug-likeness (QED) is 0.652. The Hall–Kier alpha value is -2.34. The smallest absolute Gasteiger partial charge is 0.265 e. The van der Waals surface area contributed by atoms with Crippen molar-refractivity contribution < 1.29 is 9.59 Å². The molecule has 0 saturated heterocycles. The number of thiophene rings is 1. The van der Waals surface area contributed by atoms with Crippen molar-refractivity contribution in [3.8, 4) is 10.4 Å². The Morgan fingerprint density at radius 2 is 1.80 bits per heavy atom. The van der Waals surface area contributed by atoms with Crippen LogP contribution in [-0.2, 0) is 0 Å². The van der Waals surface area contributed by atoms with Gasteiger partial charge in [-0.2, -0.15) is 0 Å². The molecule has 3 aromatic rings. The number of carbonyl (C=O) groups excluding carboxylic acids is 2. The van der Waals surface area contributed by atoms with Crippen LogP contribution in [0, 0.1) is 0 Å². The molecule has 0 aliphatic carbocycles. The summed E-state index contributed by atoms with van der Waals surface area (Å²) in [4.78, 5) is 25.2. The van der Waals surface area contributed by atoms with Crippen LogP contribution in [0.4, 0.5) is 5.69 Å². The summed E-state index contributed by atoms with van der Waals surface area (Å²) in [5.41, 5.74) is 6.79. The van der Waals surface area contributed by atoms with E-state index in [-0.39, 0.29) is 11.5 Å². The molecule has 3 N–H and O–H groups in total. The predicted molar refractivity (Wildman–Crippen MR) is 103 cm³/mol. The molecule has 3 rings (SSSR count). The molecule has 0 atom stereocenters. The number of benzene rings is 2. The van der Waals surface area contributed by atoms with Crippen molar-refractivity contribution >= 4 is 52.0 Å². The maximum atomic E-state index is 12.5. The van der Waals surface area contributed by atoms with Gasteiger partial charge >= 0.3 is 0 Å². The van der Waals surface area contributed by atoms with Crippen LogP contribution in [0.25, 0.3) is 10.4 Å². The monoisotopic (exact) mass is 390 g/mol. The fraction of sp³-hybridized carbons (Fsp3) is 0. The van der Waals surface area contributed by atoms with Gasteiger partial charge in [-0.3, -0.25) is 9.59 Å². The Morgan fingerprint density at radius 1 is 1.00 bits per heavy atom. The number of carbonyl (C=O) groups is 2. The molecule has 1 heterocycles. The third-order valence-corrected chi connectivity index (χ3v) is 5.14. The van der Waals surface area contributed by atoms with E-state index < -0.39 is 5.91 Å². The summed E-state index contributed by atoms with van der Waals surface area (Å²) in [5, 5.41) is 3.66. The Bertz CT molecular complexity index is 969. The van der Waals surface area contributed by atoms with Gasteiger partial charge in [-0.1, -0.05) is 35.3 Å². The minimum atomic E-state index is -0.591. The van der Waals surface area contributed by atoms with Gasteiger partial charge in [0.15, 0.2) is 0 Å². The standard InChI is InChI=1S/C18H12Cl2N2O2S/c19-12-3-1-2-10(8-12)15-6-7-16(25-15)18(24)22-14-9-11(17(21)23)4-5-13(14)20/h1-9H,(H2,21,23)(H,22,24). The Kier molecular flexibility index (Phi) is 5.08. The highest BCUT2D eigenvalue weighted by Crippen LogP contribution is 2.31. The third-order valence-electron chi connectivity index (χ3n) is 3.44. The summed E-state index contributed by atoms with van der Waals surface area (Å²) in [5.74, 6) is -0.909. The number of halogens is 2.